The van der Waals surface area contributed by atoms with Crippen molar-refractivity contribution in [1.82, 2.24) is 4.57 Å². The summed E-state index contributed by atoms with van der Waals surface area (Å²) in [6.07, 6.45) is 0.236. The van der Waals surface area contributed by atoms with E-state index >= 15 is 0 Å². The van der Waals surface area contributed by atoms with Gasteiger partial charge in [0.05, 0.1) is 23.2 Å². The summed E-state index contributed by atoms with van der Waals surface area (Å²) < 4.78 is 7.84. The first-order valence-electron chi connectivity index (χ1n) is 9.26. The van der Waals surface area contributed by atoms with Gasteiger partial charge in [-0.1, -0.05) is 41.2 Å². The van der Waals surface area contributed by atoms with E-state index in [2.05, 4.69) is 4.99 Å². The molecule has 0 bridgehead atoms. The summed E-state index contributed by atoms with van der Waals surface area (Å²) in [5.41, 5.74) is 5.15. The van der Waals surface area contributed by atoms with Crippen LogP contribution in [0.5, 0.6) is 0 Å². The van der Waals surface area contributed by atoms with Crippen molar-refractivity contribution in [2.75, 3.05) is 6.61 Å². The second kappa shape index (κ2) is 8.52. The number of amides is 1. The van der Waals surface area contributed by atoms with Gasteiger partial charge < -0.3 is 9.30 Å². The highest BCUT2D eigenvalue weighted by molar-refractivity contribution is 7.16. The van der Waals surface area contributed by atoms with E-state index in [9.17, 15) is 9.59 Å². The molecule has 5 nitrogen and oxygen atoms in total. The molecule has 28 heavy (non-hydrogen) atoms. The van der Waals surface area contributed by atoms with E-state index in [1.165, 1.54) is 11.3 Å². The fourth-order valence-corrected chi connectivity index (χ4v) is 4.20. The Labute approximate surface area is 168 Å². The Morgan fingerprint density at radius 2 is 1.79 bits per heavy atom. The third-order valence-corrected chi connectivity index (χ3v) is 5.54. The molecule has 3 aromatic rings. The van der Waals surface area contributed by atoms with Crippen LogP contribution in [0, 0.1) is 20.8 Å². The number of carbonyl (C=O) groups excluding carboxylic acids is 2. The van der Waals surface area contributed by atoms with Crippen molar-refractivity contribution in [2.24, 2.45) is 4.99 Å². The van der Waals surface area contributed by atoms with Gasteiger partial charge in [-0.25, -0.2) is 0 Å². The number of aryl methyl sites for hydroxylation is 3. The molecule has 6 heteroatoms. The number of aromatic nitrogens is 1. The zero-order valence-electron chi connectivity index (χ0n) is 16.6. The van der Waals surface area contributed by atoms with Crippen LogP contribution in [0.3, 0.4) is 0 Å². The molecule has 0 saturated heterocycles. The molecule has 0 aliphatic heterocycles. The molecule has 0 aliphatic carbocycles. The molecule has 0 N–H and O–H groups in total. The van der Waals surface area contributed by atoms with Crippen molar-refractivity contribution < 1.29 is 14.3 Å². The maximum absolute atomic E-state index is 12.7. The SMILES string of the molecule is CCOC(=O)Cn1c(=NC(=O)Cc2cc(C)ccc2C)sc2cc(C)ccc21. The number of thiazole rings is 1. The number of ether oxygens (including phenoxy) is 1. The van der Waals surface area contributed by atoms with Gasteiger partial charge in [0.2, 0.25) is 0 Å². The number of fused-ring (bicyclic) bond motifs is 1. The van der Waals surface area contributed by atoms with Gasteiger partial charge in [0.25, 0.3) is 5.91 Å². The van der Waals surface area contributed by atoms with E-state index < -0.39 is 0 Å². The van der Waals surface area contributed by atoms with Gasteiger partial charge in [-0.2, -0.15) is 4.99 Å². The Kier molecular flexibility index (Phi) is 6.09. The average molecular weight is 397 g/mol. The fraction of sp³-hybridized carbons (Fsp3) is 0.318. The predicted molar refractivity (Wildman–Crippen MR) is 111 cm³/mol. The van der Waals surface area contributed by atoms with Crippen molar-refractivity contribution in [2.45, 2.75) is 40.7 Å². The monoisotopic (exact) mass is 396 g/mol. The van der Waals surface area contributed by atoms with Crippen molar-refractivity contribution >= 4 is 33.4 Å². The highest BCUT2D eigenvalue weighted by Crippen LogP contribution is 2.19. The molecule has 0 unspecified atom stereocenters. The summed E-state index contributed by atoms with van der Waals surface area (Å²) in [4.78, 5) is 29.6. The summed E-state index contributed by atoms with van der Waals surface area (Å²) in [7, 11) is 0. The van der Waals surface area contributed by atoms with E-state index in [1.54, 1.807) is 11.5 Å². The lowest BCUT2D eigenvalue weighted by molar-refractivity contribution is -0.143. The number of esters is 1. The molecule has 0 fully saturated rings. The van der Waals surface area contributed by atoms with Crippen LogP contribution < -0.4 is 4.80 Å². The summed E-state index contributed by atoms with van der Waals surface area (Å²) >= 11 is 1.41. The normalized spacial score (nSPS) is 11.8. The van der Waals surface area contributed by atoms with E-state index in [1.807, 2.05) is 57.2 Å². The van der Waals surface area contributed by atoms with E-state index in [0.29, 0.717) is 11.4 Å². The predicted octanol–water partition coefficient (Wildman–Crippen LogP) is 3.86. The molecule has 146 valence electrons. The molecule has 1 heterocycles. The molecular formula is C22H24N2O3S. The minimum atomic E-state index is -0.341. The first kappa shape index (κ1) is 20.0. The van der Waals surface area contributed by atoms with E-state index in [-0.39, 0.29) is 24.8 Å². The molecule has 0 radical (unpaired) electrons. The van der Waals surface area contributed by atoms with Gasteiger partial charge in [-0.05, 0) is 56.5 Å². The number of rotatable bonds is 5. The van der Waals surface area contributed by atoms with Crippen molar-refractivity contribution in [3.8, 4) is 0 Å². The first-order valence-corrected chi connectivity index (χ1v) is 10.1. The summed E-state index contributed by atoms with van der Waals surface area (Å²) in [5.74, 6) is -0.569. The lowest BCUT2D eigenvalue weighted by Crippen LogP contribution is -2.23. The minimum Gasteiger partial charge on any atom is -0.465 e. The van der Waals surface area contributed by atoms with Gasteiger partial charge in [0.1, 0.15) is 6.54 Å². The lowest BCUT2D eigenvalue weighted by atomic mass is 10.0. The first-order chi connectivity index (χ1) is 13.4. The van der Waals surface area contributed by atoms with Gasteiger partial charge in [-0.15, -0.1) is 0 Å². The number of hydrogen-bond donors (Lipinski definition) is 0. The highest BCUT2D eigenvalue weighted by Gasteiger charge is 2.13. The van der Waals surface area contributed by atoms with E-state index in [0.717, 1.165) is 32.5 Å². The number of carbonyl (C=O) groups is 2. The topological polar surface area (TPSA) is 60.7 Å². The minimum absolute atomic E-state index is 0.0342. The van der Waals surface area contributed by atoms with Gasteiger partial charge in [-0.3, -0.25) is 9.59 Å². The zero-order valence-corrected chi connectivity index (χ0v) is 17.4. The molecule has 0 saturated carbocycles. The Balaban J connectivity index is 2.01. The number of benzene rings is 2. The molecule has 0 aliphatic rings. The van der Waals surface area contributed by atoms with Crippen LogP contribution in [0.4, 0.5) is 0 Å². The average Bonchev–Trinajstić information content (AvgIpc) is 2.94. The summed E-state index contributed by atoms with van der Waals surface area (Å²) in [5, 5.41) is 0. The Hall–Kier alpha value is -2.73. The quantitative estimate of drug-likeness (QED) is 0.615. The third-order valence-electron chi connectivity index (χ3n) is 4.50. The van der Waals surface area contributed by atoms with Crippen LogP contribution >= 0.6 is 11.3 Å². The third kappa shape index (κ3) is 4.57. The molecule has 1 amide bonds. The smallest absolute Gasteiger partial charge is 0.326 e. The highest BCUT2D eigenvalue weighted by atomic mass is 32.1. The Morgan fingerprint density at radius 1 is 1.07 bits per heavy atom. The summed E-state index contributed by atoms with van der Waals surface area (Å²) in [6.45, 7) is 8.14. The second-order valence-electron chi connectivity index (χ2n) is 6.86. The lowest BCUT2D eigenvalue weighted by Gasteiger charge is -2.06. The van der Waals surface area contributed by atoms with Crippen LogP contribution in [-0.4, -0.2) is 23.1 Å². The van der Waals surface area contributed by atoms with E-state index in [4.69, 9.17) is 4.74 Å². The maximum atomic E-state index is 12.7. The van der Waals surface area contributed by atoms with Gasteiger partial charge in [0, 0.05) is 0 Å². The van der Waals surface area contributed by atoms with Crippen molar-refractivity contribution in [1.29, 1.82) is 0 Å². The van der Waals surface area contributed by atoms with Crippen LogP contribution in [0.15, 0.2) is 41.4 Å². The standard InChI is InChI=1S/C22H24N2O3S/c1-5-27-21(26)13-24-18-9-7-15(3)11-19(18)28-22(24)23-20(25)12-17-10-14(2)6-8-16(17)4/h6-11H,5,12-13H2,1-4H3. The maximum Gasteiger partial charge on any atom is 0.326 e. The Bertz CT molecular complexity index is 1110. The van der Waals surface area contributed by atoms with Crippen LogP contribution in [0.2, 0.25) is 0 Å². The molecule has 0 atom stereocenters. The molecule has 2 aromatic carbocycles. The van der Waals surface area contributed by atoms with Crippen molar-refractivity contribution in [3.05, 3.63) is 63.5 Å². The van der Waals surface area contributed by atoms with Gasteiger partial charge >= 0.3 is 5.97 Å². The van der Waals surface area contributed by atoms with Crippen LogP contribution in [0.25, 0.3) is 10.2 Å². The molecule has 3 rings (SSSR count). The number of hydrogen-bond acceptors (Lipinski definition) is 4. The Morgan fingerprint density at radius 3 is 2.54 bits per heavy atom. The largest absolute Gasteiger partial charge is 0.465 e. The molecule has 1 aromatic heterocycles. The molecular weight excluding hydrogens is 372 g/mol. The number of nitrogens with zero attached hydrogens (tertiary/aromatic N) is 2. The fourth-order valence-electron chi connectivity index (χ4n) is 3.05. The second-order valence-corrected chi connectivity index (χ2v) is 7.87. The molecule has 0 spiro atoms. The summed E-state index contributed by atoms with van der Waals surface area (Å²) in [6, 6.07) is 12.0. The van der Waals surface area contributed by atoms with Crippen molar-refractivity contribution in [3.63, 3.8) is 0 Å². The van der Waals surface area contributed by atoms with Crippen LogP contribution in [0.1, 0.15) is 29.2 Å². The zero-order chi connectivity index (χ0) is 20.3. The van der Waals surface area contributed by atoms with Crippen LogP contribution in [-0.2, 0) is 27.3 Å². The van der Waals surface area contributed by atoms with Gasteiger partial charge in [0.15, 0.2) is 4.80 Å².